The van der Waals surface area contributed by atoms with Gasteiger partial charge in [0.1, 0.15) is 6.04 Å². The van der Waals surface area contributed by atoms with Crippen molar-refractivity contribution in [3.63, 3.8) is 0 Å². The molecule has 1 fully saturated rings. The molecule has 1 aromatic carbocycles. The third-order valence-corrected chi connectivity index (χ3v) is 3.60. The van der Waals surface area contributed by atoms with Crippen molar-refractivity contribution in [1.82, 2.24) is 4.90 Å². The maximum absolute atomic E-state index is 12.4. The number of amides is 2. The summed E-state index contributed by atoms with van der Waals surface area (Å²) in [7, 11) is 1.41. The molecule has 1 unspecified atom stereocenters. The van der Waals surface area contributed by atoms with Gasteiger partial charge in [-0.15, -0.1) is 0 Å². The molecule has 1 aromatic rings. The number of para-hydroxylation sites is 1. The molecule has 1 heterocycles. The van der Waals surface area contributed by atoms with Gasteiger partial charge in [0.25, 0.3) is 11.7 Å². The fourth-order valence-electron chi connectivity index (χ4n) is 1.84. The third kappa shape index (κ3) is 3.04. The van der Waals surface area contributed by atoms with Crippen LogP contribution in [-0.4, -0.2) is 35.6 Å². The van der Waals surface area contributed by atoms with Crippen molar-refractivity contribution in [2.24, 2.45) is 0 Å². The summed E-state index contributed by atoms with van der Waals surface area (Å²) < 4.78 is 24.8. The molecule has 0 radical (unpaired) electrons. The number of carbonyl (C=O) groups is 2. The predicted octanol–water partition coefficient (Wildman–Crippen LogP) is 2.17. The Hall–Kier alpha value is -1.63. The molecule has 0 bridgehead atoms. The number of rotatable bonds is 4. The zero-order valence-corrected chi connectivity index (χ0v) is 10.9. The minimum Gasteiger partial charge on any atom is -0.372 e. The van der Waals surface area contributed by atoms with E-state index in [-0.39, 0.29) is 18.2 Å². The number of nitrogens with one attached hydrogen (secondary N) is 1. The van der Waals surface area contributed by atoms with Gasteiger partial charge in [-0.3, -0.25) is 14.5 Å². The summed E-state index contributed by atoms with van der Waals surface area (Å²) in [6, 6.07) is 5.80. The lowest BCUT2D eigenvalue weighted by atomic mass is 10.2. The summed E-state index contributed by atoms with van der Waals surface area (Å²) in [6.07, 6.45) is 0.0447. The number of alkyl halides is 2. The van der Waals surface area contributed by atoms with Crippen molar-refractivity contribution in [1.29, 1.82) is 0 Å². The highest BCUT2D eigenvalue weighted by atomic mass is 32.2. The van der Waals surface area contributed by atoms with Crippen molar-refractivity contribution in [3.05, 3.63) is 24.3 Å². The largest absolute Gasteiger partial charge is 0.372 e. The molecule has 0 spiro atoms. The first-order valence-electron chi connectivity index (χ1n) is 5.60. The van der Waals surface area contributed by atoms with Crippen molar-refractivity contribution in [2.75, 3.05) is 12.4 Å². The van der Waals surface area contributed by atoms with E-state index in [9.17, 15) is 18.4 Å². The smallest absolute Gasteiger partial charge is 0.288 e. The Bertz CT molecular complexity index is 510. The van der Waals surface area contributed by atoms with Crippen LogP contribution >= 0.6 is 11.8 Å². The van der Waals surface area contributed by atoms with E-state index in [4.69, 9.17) is 0 Å². The number of hydrogen-bond donors (Lipinski definition) is 1. The van der Waals surface area contributed by atoms with Crippen LogP contribution in [0.1, 0.15) is 6.42 Å². The number of hydrogen-bond acceptors (Lipinski definition) is 4. The Balaban J connectivity index is 2.15. The number of likely N-dealkylation sites (tertiary alicyclic amines) is 1. The van der Waals surface area contributed by atoms with E-state index in [0.29, 0.717) is 22.3 Å². The number of halogens is 2. The number of nitrogens with zero attached hydrogens (tertiary/aromatic N) is 1. The number of carbonyl (C=O) groups excluding carboxylic acids is 2. The van der Waals surface area contributed by atoms with E-state index in [1.807, 2.05) is 0 Å². The standard InChI is InChI=1S/C12H12F2N2O2S/c1-16-10(17)6-8(11(16)18)15-7-4-2-3-5-9(7)19-12(13)14/h2-5,8,12,15H,6H2,1H3. The van der Waals surface area contributed by atoms with Gasteiger partial charge in [0, 0.05) is 17.6 Å². The summed E-state index contributed by atoms with van der Waals surface area (Å²) >= 11 is 0.406. The first-order chi connectivity index (χ1) is 8.99. The first kappa shape index (κ1) is 13.8. The molecule has 102 valence electrons. The van der Waals surface area contributed by atoms with Gasteiger partial charge in [-0.2, -0.15) is 8.78 Å². The summed E-state index contributed by atoms with van der Waals surface area (Å²) in [5.41, 5.74) is 0.439. The molecule has 1 N–H and O–H groups in total. The lowest BCUT2D eigenvalue weighted by molar-refractivity contribution is -0.136. The van der Waals surface area contributed by atoms with Crippen LogP contribution in [-0.2, 0) is 9.59 Å². The molecule has 2 rings (SSSR count). The van der Waals surface area contributed by atoms with Gasteiger partial charge in [0.05, 0.1) is 6.42 Å². The van der Waals surface area contributed by atoms with E-state index < -0.39 is 11.8 Å². The number of benzene rings is 1. The van der Waals surface area contributed by atoms with Crippen molar-refractivity contribution >= 4 is 29.3 Å². The second-order valence-electron chi connectivity index (χ2n) is 4.07. The van der Waals surface area contributed by atoms with Gasteiger partial charge < -0.3 is 5.32 Å². The average molecular weight is 286 g/mol. The number of anilines is 1. The van der Waals surface area contributed by atoms with Gasteiger partial charge in [-0.05, 0) is 12.1 Å². The molecule has 0 aromatic heterocycles. The van der Waals surface area contributed by atoms with Crippen LogP contribution in [0.25, 0.3) is 0 Å². The first-order valence-corrected chi connectivity index (χ1v) is 6.48. The lowest BCUT2D eigenvalue weighted by Gasteiger charge is -2.15. The van der Waals surface area contributed by atoms with Crippen LogP contribution in [0.15, 0.2) is 29.2 Å². The van der Waals surface area contributed by atoms with Crippen LogP contribution < -0.4 is 5.32 Å². The van der Waals surface area contributed by atoms with Crippen molar-refractivity contribution in [3.8, 4) is 0 Å². The maximum Gasteiger partial charge on any atom is 0.288 e. The van der Waals surface area contributed by atoms with Gasteiger partial charge in [-0.1, -0.05) is 23.9 Å². The molecular weight excluding hydrogens is 274 g/mol. The van der Waals surface area contributed by atoms with Gasteiger partial charge in [0.2, 0.25) is 5.91 Å². The Morgan fingerprint density at radius 3 is 2.63 bits per heavy atom. The van der Waals surface area contributed by atoms with E-state index in [0.717, 1.165) is 4.90 Å². The van der Waals surface area contributed by atoms with E-state index >= 15 is 0 Å². The Morgan fingerprint density at radius 1 is 1.37 bits per heavy atom. The van der Waals surface area contributed by atoms with E-state index in [1.165, 1.54) is 7.05 Å². The Kier molecular flexibility index (Phi) is 4.04. The van der Waals surface area contributed by atoms with Crippen LogP contribution in [0.4, 0.5) is 14.5 Å². The molecule has 0 aliphatic carbocycles. The minimum atomic E-state index is -2.54. The molecule has 1 aliphatic heterocycles. The van der Waals surface area contributed by atoms with Crippen LogP contribution in [0.3, 0.4) is 0 Å². The average Bonchev–Trinajstić information content (AvgIpc) is 2.59. The monoisotopic (exact) mass is 286 g/mol. The molecule has 1 saturated heterocycles. The van der Waals surface area contributed by atoms with Gasteiger partial charge in [-0.25, -0.2) is 0 Å². The fourth-order valence-corrected chi connectivity index (χ4v) is 2.44. The van der Waals surface area contributed by atoms with Crippen LogP contribution in [0.2, 0.25) is 0 Å². The number of thioether (sulfide) groups is 1. The van der Waals surface area contributed by atoms with Crippen molar-refractivity contribution < 1.29 is 18.4 Å². The van der Waals surface area contributed by atoms with Gasteiger partial charge in [0.15, 0.2) is 0 Å². The van der Waals surface area contributed by atoms with Crippen molar-refractivity contribution in [2.45, 2.75) is 23.1 Å². The van der Waals surface area contributed by atoms with Crippen LogP contribution in [0, 0.1) is 0 Å². The van der Waals surface area contributed by atoms with Gasteiger partial charge >= 0.3 is 0 Å². The normalized spacial score (nSPS) is 19.4. The number of imide groups is 1. The highest BCUT2D eigenvalue weighted by molar-refractivity contribution is 7.99. The second-order valence-corrected chi connectivity index (χ2v) is 5.10. The highest BCUT2D eigenvalue weighted by Crippen LogP contribution is 2.32. The zero-order valence-electron chi connectivity index (χ0n) is 10.1. The minimum absolute atomic E-state index is 0.0447. The predicted molar refractivity (Wildman–Crippen MR) is 68.1 cm³/mol. The van der Waals surface area contributed by atoms with E-state index in [1.54, 1.807) is 24.3 Å². The summed E-state index contributed by atoms with van der Waals surface area (Å²) in [5.74, 6) is -3.16. The van der Waals surface area contributed by atoms with E-state index in [2.05, 4.69) is 5.32 Å². The molecule has 1 aliphatic rings. The molecule has 2 amide bonds. The zero-order chi connectivity index (χ0) is 14.0. The molecular formula is C12H12F2N2O2S. The fraction of sp³-hybridized carbons (Fsp3) is 0.333. The third-order valence-electron chi connectivity index (χ3n) is 2.81. The molecule has 19 heavy (non-hydrogen) atoms. The second kappa shape index (κ2) is 5.56. The Morgan fingerprint density at radius 2 is 2.05 bits per heavy atom. The summed E-state index contributed by atoms with van der Waals surface area (Å²) in [6.45, 7) is 0. The molecule has 0 saturated carbocycles. The highest BCUT2D eigenvalue weighted by Gasteiger charge is 2.36. The SMILES string of the molecule is CN1C(=O)CC(Nc2ccccc2SC(F)F)C1=O. The quantitative estimate of drug-likeness (QED) is 0.681. The topological polar surface area (TPSA) is 49.4 Å². The molecule has 1 atom stereocenters. The lowest BCUT2D eigenvalue weighted by Crippen LogP contribution is -2.31. The van der Waals surface area contributed by atoms with Crippen LogP contribution in [0.5, 0.6) is 0 Å². The summed E-state index contributed by atoms with van der Waals surface area (Å²) in [4.78, 5) is 24.5. The summed E-state index contributed by atoms with van der Waals surface area (Å²) in [5, 5.41) is 2.86. The molecule has 7 heteroatoms. The Labute approximate surface area is 113 Å². The molecule has 4 nitrogen and oxygen atoms in total. The number of likely N-dealkylation sites (N-methyl/N-ethyl adjacent to an activating group) is 1. The maximum atomic E-state index is 12.4.